The fraction of sp³-hybridized carbons (Fsp3) is 0.735. The SMILES string of the molecule is CC/C=C\C/C=C\C/C=C\CC(=O)OCC(COC(=O)CCCCCCC/C=C\CCCCCCCCC)OC(=O)CCCCCCC/C=C\CCCCC. The number of allylic oxidation sites excluding steroid dienone is 9. The van der Waals surface area contributed by atoms with E-state index in [-0.39, 0.29) is 31.6 Å². The maximum absolute atomic E-state index is 12.7. The molecule has 0 fully saturated rings. The molecule has 0 heterocycles. The largest absolute Gasteiger partial charge is 0.462 e. The third-order valence-electron chi connectivity index (χ3n) is 9.51. The maximum Gasteiger partial charge on any atom is 0.309 e. The number of carbonyl (C=O) groups excluding carboxylic acids is 3. The number of hydrogen-bond donors (Lipinski definition) is 0. The van der Waals surface area contributed by atoms with Crippen molar-refractivity contribution in [3.63, 3.8) is 0 Å². The molecule has 0 saturated carbocycles. The Morgan fingerprint density at radius 2 is 0.782 bits per heavy atom. The lowest BCUT2D eigenvalue weighted by atomic mass is 10.1. The van der Waals surface area contributed by atoms with Crippen molar-refractivity contribution < 1.29 is 28.6 Å². The molecule has 0 aliphatic rings. The minimum Gasteiger partial charge on any atom is -0.462 e. The summed E-state index contributed by atoms with van der Waals surface area (Å²) < 4.78 is 16.6. The van der Waals surface area contributed by atoms with Crippen molar-refractivity contribution in [3.05, 3.63) is 60.8 Å². The van der Waals surface area contributed by atoms with Crippen LogP contribution >= 0.6 is 0 Å². The van der Waals surface area contributed by atoms with E-state index < -0.39 is 12.1 Å². The summed E-state index contributed by atoms with van der Waals surface area (Å²) in [4.78, 5) is 37.6. The molecule has 0 aliphatic carbocycles. The van der Waals surface area contributed by atoms with Gasteiger partial charge in [-0.2, -0.15) is 0 Å². The Balaban J connectivity index is 4.42. The van der Waals surface area contributed by atoms with Crippen LogP contribution in [0.1, 0.15) is 213 Å². The van der Waals surface area contributed by atoms with Crippen molar-refractivity contribution >= 4 is 17.9 Å². The molecule has 0 spiro atoms. The van der Waals surface area contributed by atoms with E-state index in [0.29, 0.717) is 12.8 Å². The van der Waals surface area contributed by atoms with Crippen LogP contribution in [0, 0.1) is 0 Å². The second kappa shape index (κ2) is 43.8. The second-order valence-electron chi connectivity index (χ2n) is 14.9. The van der Waals surface area contributed by atoms with Gasteiger partial charge in [0.05, 0.1) is 6.42 Å². The van der Waals surface area contributed by atoms with Crippen molar-refractivity contribution in [1.29, 1.82) is 0 Å². The zero-order valence-electron chi connectivity index (χ0n) is 35.9. The summed E-state index contributed by atoms with van der Waals surface area (Å²) in [5, 5.41) is 0. The lowest BCUT2D eigenvalue weighted by molar-refractivity contribution is -0.166. The van der Waals surface area contributed by atoms with Crippen molar-refractivity contribution in [1.82, 2.24) is 0 Å². The van der Waals surface area contributed by atoms with Crippen molar-refractivity contribution in [2.45, 2.75) is 219 Å². The number of carbonyl (C=O) groups is 3. The van der Waals surface area contributed by atoms with E-state index in [9.17, 15) is 14.4 Å². The average Bonchev–Trinajstić information content (AvgIpc) is 3.18. The Morgan fingerprint density at radius 1 is 0.400 bits per heavy atom. The summed E-state index contributed by atoms with van der Waals surface area (Å²) in [5.74, 6) is -1.06. The van der Waals surface area contributed by atoms with Gasteiger partial charge in [0.2, 0.25) is 0 Å². The molecule has 1 atom stereocenters. The Kier molecular flexibility index (Phi) is 41.5. The van der Waals surface area contributed by atoms with E-state index in [4.69, 9.17) is 14.2 Å². The monoisotopic (exact) mass is 769 g/mol. The van der Waals surface area contributed by atoms with Gasteiger partial charge in [0.15, 0.2) is 6.10 Å². The van der Waals surface area contributed by atoms with Crippen LogP contribution in [-0.4, -0.2) is 37.2 Å². The highest BCUT2D eigenvalue weighted by Gasteiger charge is 2.19. The fourth-order valence-corrected chi connectivity index (χ4v) is 6.08. The zero-order chi connectivity index (χ0) is 40.1. The molecule has 0 rings (SSSR count). The Labute approximate surface area is 339 Å². The number of rotatable bonds is 40. The molecule has 0 saturated heterocycles. The van der Waals surface area contributed by atoms with Crippen molar-refractivity contribution in [2.75, 3.05) is 13.2 Å². The second-order valence-corrected chi connectivity index (χ2v) is 14.9. The third kappa shape index (κ3) is 42.1. The lowest BCUT2D eigenvalue weighted by Crippen LogP contribution is -2.30. The molecule has 6 heteroatoms. The molecular formula is C49H84O6. The molecule has 6 nitrogen and oxygen atoms in total. The van der Waals surface area contributed by atoms with E-state index in [1.54, 1.807) is 6.08 Å². The molecule has 1 unspecified atom stereocenters. The zero-order valence-corrected chi connectivity index (χ0v) is 35.9. The van der Waals surface area contributed by atoms with Gasteiger partial charge in [0.1, 0.15) is 13.2 Å². The highest BCUT2D eigenvalue weighted by molar-refractivity contribution is 5.72. The molecule has 0 aromatic carbocycles. The molecule has 0 aliphatic heterocycles. The molecule has 0 aromatic heterocycles. The lowest BCUT2D eigenvalue weighted by Gasteiger charge is -2.18. The summed E-state index contributed by atoms with van der Waals surface area (Å²) in [7, 11) is 0. The first kappa shape index (κ1) is 52.1. The van der Waals surface area contributed by atoms with E-state index in [1.165, 1.54) is 96.3 Å². The first-order valence-electron chi connectivity index (χ1n) is 22.8. The van der Waals surface area contributed by atoms with E-state index in [2.05, 4.69) is 69.4 Å². The summed E-state index contributed by atoms with van der Waals surface area (Å²) in [6, 6.07) is 0. The van der Waals surface area contributed by atoms with Crippen molar-refractivity contribution in [3.8, 4) is 0 Å². The van der Waals surface area contributed by atoms with E-state index in [0.717, 1.165) is 77.0 Å². The van der Waals surface area contributed by atoms with Crippen LogP contribution < -0.4 is 0 Å². The summed E-state index contributed by atoms with van der Waals surface area (Å²) in [6.07, 6.45) is 52.4. The predicted octanol–water partition coefficient (Wildman–Crippen LogP) is 14.5. The topological polar surface area (TPSA) is 78.9 Å². The molecule has 55 heavy (non-hydrogen) atoms. The van der Waals surface area contributed by atoms with Gasteiger partial charge in [0, 0.05) is 12.8 Å². The van der Waals surface area contributed by atoms with Crippen molar-refractivity contribution in [2.24, 2.45) is 0 Å². The molecule has 0 bridgehead atoms. The molecule has 0 radical (unpaired) electrons. The molecular weight excluding hydrogens is 685 g/mol. The highest BCUT2D eigenvalue weighted by atomic mass is 16.6. The summed E-state index contributed by atoms with van der Waals surface area (Å²) in [6.45, 7) is 6.37. The van der Waals surface area contributed by atoms with Gasteiger partial charge in [0.25, 0.3) is 0 Å². The van der Waals surface area contributed by atoms with Gasteiger partial charge >= 0.3 is 17.9 Å². The van der Waals surface area contributed by atoms with E-state index >= 15 is 0 Å². The molecule has 0 aromatic rings. The van der Waals surface area contributed by atoms with Gasteiger partial charge in [-0.1, -0.05) is 171 Å². The van der Waals surface area contributed by atoms with Crippen LogP contribution in [0.3, 0.4) is 0 Å². The Bertz CT molecular complexity index is 1020. The van der Waals surface area contributed by atoms with Crippen LogP contribution in [0.5, 0.6) is 0 Å². The van der Waals surface area contributed by atoms with Gasteiger partial charge < -0.3 is 14.2 Å². The third-order valence-corrected chi connectivity index (χ3v) is 9.51. The summed E-state index contributed by atoms with van der Waals surface area (Å²) >= 11 is 0. The normalized spacial score (nSPS) is 12.6. The van der Waals surface area contributed by atoms with Crippen LogP contribution in [0.25, 0.3) is 0 Å². The molecule has 316 valence electrons. The molecule has 0 amide bonds. The number of unbranched alkanes of at least 4 members (excludes halogenated alkanes) is 20. The quantitative estimate of drug-likeness (QED) is 0.0267. The first-order valence-corrected chi connectivity index (χ1v) is 22.8. The van der Waals surface area contributed by atoms with Gasteiger partial charge in [-0.25, -0.2) is 0 Å². The smallest absolute Gasteiger partial charge is 0.309 e. The van der Waals surface area contributed by atoms with Crippen LogP contribution in [0.2, 0.25) is 0 Å². The highest BCUT2D eigenvalue weighted by Crippen LogP contribution is 2.13. The molecule has 0 N–H and O–H groups in total. The Hall–Kier alpha value is -2.89. The average molecular weight is 769 g/mol. The van der Waals surface area contributed by atoms with Crippen LogP contribution in [0.4, 0.5) is 0 Å². The van der Waals surface area contributed by atoms with Crippen LogP contribution in [0.15, 0.2) is 60.8 Å². The number of esters is 3. The van der Waals surface area contributed by atoms with E-state index in [1.807, 2.05) is 6.08 Å². The predicted molar refractivity (Wildman–Crippen MR) is 233 cm³/mol. The first-order chi connectivity index (χ1) is 27.0. The minimum absolute atomic E-state index is 0.109. The Morgan fingerprint density at radius 3 is 1.29 bits per heavy atom. The number of hydrogen-bond acceptors (Lipinski definition) is 6. The maximum atomic E-state index is 12.7. The number of ether oxygens (including phenoxy) is 3. The van der Waals surface area contributed by atoms with Gasteiger partial charge in [-0.05, 0) is 83.5 Å². The summed E-state index contributed by atoms with van der Waals surface area (Å²) in [5.41, 5.74) is 0. The fourth-order valence-electron chi connectivity index (χ4n) is 6.08. The van der Waals surface area contributed by atoms with Crippen LogP contribution in [-0.2, 0) is 28.6 Å². The van der Waals surface area contributed by atoms with Gasteiger partial charge in [-0.3, -0.25) is 14.4 Å². The van der Waals surface area contributed by atoms with Gasteiger partial charge in [-0.15, -0.1) is 0 Å². The standard InChI is InChI=1S/C49H84O6/c1-4-7-10-13-16-19-21-23-24-25-26-28-30-33-36-39-42-48(51)54-45-46(44-53-47(50)41-38-35-32-29-18-15-12-9-6-3)55-49(52)43-40-37-34-31-27-22-20-17-14-11-8-5-2/h9,12,17-18,20,24-25,29,35,38,46H,4-8,10-11,13-16,19,21-23,26-28,30-34,36-37,39-45H2,1-3H3/b12-9-,20-17-,25-24-,29-18-,38-35-. The minimum atomic E-state index is -0.813.